The van der Waals surface area contributed by atoms with Crippen LogP contribution in [0.15, 0.2) is 0 Å². The Hall–Kier alpha value is -0.250. The molecule has 0 bridgehead atoms. The van der Waals surface area contributed by atoms with Gasteiger partial charge in [-0.05, 0) is 43.6 Å². The summed E-state index contributed by atoms with van der Waals surface area (Å²) in [6.07, 6.45) is -2.02. The predicted octanol–water partition coefficient (Wildman–Crippen LogP) is 4.38. The van der Waals surface area contributed by atoms with E-state index in [1.807, 2.05) is 0 Å². The van der Waals surface area contributed by atoms with E-state index < -0.39 is 12.1 Å². The Morgan fingerprint density at radius 1 is 1.06 bits per heavy atom. The molecular formula is C14H26F3N. The van der Waals surface area contributed by atoms with E-state index in [4.69, 9.17) is 0 Å². The molecule has 18 heavy (non-hydrogen) atoms. The van der Waals surface area contributed by atoms with Gasteiger partial charge in [0.15, 0.2) is 0 Å². The van der Waals surface area contributed by atoms with Crippen LogP contribution in [0.5, 0.6) is 0 Å². The lowest BCUT2D eigenvalue weighted by Gasteiger charge is -2.41. The average Bonchev–Trinajstić information content (AvgIpc) is 2.23. The van der Waals surface area contributed by atoms with Gasteiger partial charge < -0.3 is 5.32 Å². The summed E-state index contributed by atoms with van der Waals surface area (Å²) in [6, 6.07) is 0.316. The van der Waals surface area contributed by atoms with Gasteiger partial charge in [0.05, 0.1) is 5.92 Å². The van der Waals surface area contributed by atoms with Crippen LogP contribution in [0.4, 0.5) is 13.2 Å². The van der Waals surface area contributed by atoms with Crippen LogP contribution >= 0.6 is 0 Å². The molecule has 108 valence electrons. The molecule has 0 spiro atoms. The van der Waals surface area contributed by atoms with Crippen LogP contribution < -0.4 is 5.32 Å². The van der Waals surface area contributed by atoms with Crippen LogP contribution in [0.1, 0.15) is 53.4 Å². The summed E-state index contributed by atoms with van der Waals surface area (Å²) in [6.45, 7) is 9.42. The zero-order chi connectivity index (χ0) is 14.0. The van der Waals surface area contributed by atoms with Crippen LogP contribution in [0, 0.1) is 17.3 Å². The second kappa shape index (κ2) is 5.81. The number of halogens is 3. The van der Waals surface area contributed by atoms with Crippen molar-refractivity contribution in [2.24, 2.45) is 17.3 Å². The van der Waals surface area contributed by atoms with E-state index >= 15 is 0 Å². The summed E-state index contributed by atoms with van der Waals surface area (Å²) in [5, 5.41) is 3.46. The van der Waals surface area contributed by atoms with E-state index in [9.17, 15) is 13.2 Å². The molecule has 0 aliphatic heterocycles. The van der Waals surface area contributed by atoms with Gasteiger partial charge >= 0.3 is 6.18 Å². The van der Waals surface area contributed by atoms with Crippen molar-refractivity contribution in [1.82, 2.24) is 5.32 Å². The molecule has 1 fully saturated rings. The minimum atomic E-state index is -4.00. The Morgan fingerprint density at radius 3 is 1.89 bits per heavy atom. The monoisotopic (exact) mass is 265 g/mol. The van der Waals surface area contributed by atoms with Crippen molar-refractivity contribution in [2.45, 2.75) is 65.6 Å². The normalized spacial score (nSPS) is 28.2. The van der Waals surface area contributed by atoms with Gasteiger partial charge in [-0.15, -0.1) is 0 Å². The highest BCUT2D eigenvalue weighted by Crippen LogP contribution is 2.42. The highest BCUT2D eigenvalue weighted by atomic mass is 19.4. The zero-order valence-electron chi connectivity index (χ0n) is 11.9. The molecule has 0 aromatic carbocycles. The molecule has 1 aliphatic rings. The van der Waals surface area contributed by atoms with Gasteiger partial charge in [0.1, 0.15) is 0 Å². The molecule has 0 saturated heterocycles. The molecule has 1 atom stereocenters. The van der Waals surface area contributed by atoms with Crippen molar-refractivity contribution in [3.05, 3.63) is 0 Å². The minimum Gasteiger partial charge on any atom is -0.313 e. The van der Waals surface area contributed by atoms with Crippen LogP contribution in [-0.2, 0) is 0 Å². The number of hydrogen-bond donors (Lipinski definition) is 1. The predicted molar refractivity (Wildman–Crippen MR) is 68.4 cm³/mol. The third-order valence-electron chi connectivity index (χ3n) is 4.06. The average molecular weight is 265 g/mol. The second-order valence-corrected chi connectivity index (χ2v) is 6.55. The Kier molecular flexibility index (Phi) is 5.10. The van der Waals surface area contributed by atoms with Gasteiger partial charge in [-0.1, -0.05) is 27.7 Å². The molecule has 1 N–H and O–H groups in total. The molecule has 1 unspecified atom stereocenters. The van der Waals surface area contributed by atoms with Gasteiger partial charge in [-0.3, -0.25) is 0 Å². The van der Waals surface area contributed by atoms with Gasteiger partial charge in [-0.25, -0.2) is 0 Å². The Labute approximate surface area is 109 Å². The van der Waals surface area contributed by atoms with E-state index in [1.54, 1.807) is 0 Å². The molecule has 4 heteroatoms. The van der Waals surface area contributed by atoms with Crippen LogP contribution in [-0.4, -0.2) is 18.8 Å². The first kappa shape index (κ1) is 15.8. The first-order valence-electron chi connectivity index (χ1n) is 6.96. The molecule has 0 aromatic heterocycles. The maximum atomic E-state index is 12.6. The Balaban J connectivity index is 2.60. The van der Waals surface area contributed by atoms with Crippen molar-refractivity contribution in [3.8, 4) is 0 Å². The summed E-state index contributed by atoms with van der Waals surface area (Å²) in [4.78, 5) is 0. The Bertz CT molecular complexity index is 247. The lowest BCUT2D eigenvalue weighted by molar-refractivity contribution is -0.184. The van der Waals surface area contributed by atoms with Crippen molar-refractivity contribution < 1.29 is 13.2 Å². The fourth-order valence-corrected chi connectivity index (χ4v) is 3.18. The van der Waals surface area contributed by atoms with Crippen LogP contribution in [0.3, 0.4) is 0 Å². The molecule has 0 aromatic rings. The molecular weight excluding hydrogens is 239 g/mol. The third-order valence-corrected chi connectivity index (χ3v) is 4.06. The van der Waals surface area contributed by atoms with E-state index in [-0.39, 0.29) is 5.41 Å². The number of hydrogen-bond acceptors (Lipinski definition) is 1. The first-order valence-corrected chi connectivity index (χ1v) is 6.96. The summed E-state index contributed by atoms with van der Waals surface area (Å²) >= 11 is 0. The summed E-state index contributed by atoms with van der Waals surface area (Å²) in [7, 11) is 0. The summed E-state index contributed by atoms with van der Waals surface area (Å²) in [5.74, 6) is -0.695. The van der Waals surface area contributed by atoms with Crippen molar-refractivity contribution in [3.63, 3.8) is 0 Å². The highest BCUT2D eigenvalue weighted by molar-refractivity contribution is 4.90. The SMILES string of the molecule is CCNC(C1CCC(C(F)(F)F)CC1)C(C)(C)C. The van der Waals surface area contributed by atoms with Gasteiger partial charge in [0, 0.05) is 6.04 Å². The lowest BCUT2D eigenvalue weighted by atomic mass is 9.70. The maximum absolute atomic E-state index is 12.6. The highest BCUT2D eigenvalue weighted by Gasteiger charge is 2.43. The molecule has 1 saturated carbocycles. The number of rotatable bonds is 3. The largest absolute Gasteiger partial charge is 0.391 e. The zero-order valence-corrected chi connectivity index (χ0v) is 11.9. The van der Waals surface area contributed by atoms with Crippen molar-refractivity contribution in [1.29, 1.82) is 0 Å². The van der Waals surface area contributed by atoms with Crippen molar-refractivity contribution in [2.75, 3.05) is 6.54 Å². The molecule has 0 radical (unpaired) electrons. The molecule has 1 aliphatic carbocycles. The van der Waals surface area contributed by atoms with Gasteiger partial charge in [0.25, 0.3) is 0 Å². The topological polar surface area (TPSA) is 12.0 Å². The van der Waals surface area contributed by atoms with Gasteiger partial charge in [-0.2, -0.15) is 13.2 Å². The maximum Gasteiger partial charge on any atom is 0.391 e. The summed E-state index contributed by atoms with van der Waals surface area (Å²) < 4.78 is 37.9. The molecule has 1 nitrogen and oxygen atoms in total. The smallest absolute Gasteiger partial charge is 0.313 e. The fourth-order valence-electron chi connectivity index (χ4n) is 3.18. The van der Waals surface area contributed by atoms with E-state index in [0.717, 1.165) is 6.54 Å². The lowest BCUT2D eigenvalue weighted by Crippen LogP contribution is -2.47. The van der Waals surface area contributed by atoms with E-state index in [0.29, 0.717) is 37.6 Å². The van der Waals surface area contributed by atoms with Gasteiger partial charge in [0.2, 0.25) is 0 Å². The quantitative estimate of drug-likeness (QED) is 0.798. The minimum absolute atomic E-state index is 0.103. The fraction of sp³-hybridized carbons (Fsp3) is 1.00. The third kappa shape index (κ3) is 4.15. The standard InChI is InChI=1S/C14H26F3N/c1-5-18-12(13(2,3)4)10-6-8-11(9-7-10)14(15,16)17/h10-12,18H,5-9H2,1-4H3. The van der Waals surface area contributed by atoms with E-state index in [2.05, 4.69) is 33.0 Å². The van der Waals surface area contributed by atoms with Crippen LogP contribution in [0.25, 0.3) is 0 Å². The number of nitrogens with one attached hydrogen (secondary N) is 1. The van der Waals surface area contributed by atoms with Crippen LogP contribution in [0.2, 0.25) is 0 Å². The molecule has 1 rings (SSSR count). The summed E-state index contributed by atoms with van der Waals surface area (Å²) in [5.41, 5.74) is 0.103. The Morgan fingerprint density at radius 2 is 1.56 bits per heavy atom. The van der Waals surface area contributed by atoms with Crippen molar-refractivity contribution >= 4 is 0 Å². The first-order chi connectivity index (χ1) is 8.16. The second-order valence-electron chi connectivity index (χ2n) is 6.55. The number of alkyl halides is 3. The molecule has 0 heterocycles. The van der Waals surface area contributed by atoms with E-state index in [1.165, 1.54) is 0 Å². The molecule has 0 amide bonds.